The molecule has 0 unspecified atom stereocenters. The van der Waals surface area contributed by atoms with Crippen LogP contribution in [0.25, 0.3) is 11.0 Å². The molecule has 1 aliphatic rings. The van der Waals surface area contributed by atoms with Gasteiger partial charge in [0.25, 0.3) is 5.56 Å². The summed E-state index contributed by atoms with van der Waals surface area (Å²) in [5, 5.41) is 4.30. The summed E-state index contributed by atoms with van der Waals surface area (Å²) in [6.45, 7) is 7.82. The average molecular weight is 377 g/mol. The summed E-state index contributed by atoms with van der Waals surface area (Å²) < 4.78 is 6.72. The second kappa shape index (κ2) is 6.75. The van der Waals surface area contributed by atoms with E-state index in [4.69, 9.17) is 4.74 Å². The van der Waals surface area contributed by atoms with E-state index in [9.17, 15) is 9.59 Å². The van der Waals surface area contributed by atoms with Gasteiger partial charge in [0, 0.05) is 47.3 Å². The van der Waals surface area contributed by atoms with Gasteiger partial charge in [-0.15, -0.1) is 5.10 Å². The Kier molecular flexibility index (Phi) is 4.75. The van der Waals surface area contributed by atoms with Crippen molar-refractivity contribution in [3.05, 3.63) is 10.4 Å². The largest absolute Gasteiger partial charge is 0.444 e. The molecule has 0 aliphatic carbocycles. The average Bonchev–Trinajstić information content (AvgIpc) is 3.02. The predicted molar refractivity (Wildman–Crippen MR) is 103 cm³/mol. The van der Waals surface area contributed by atoms with Crippen LogP contribution in [0.15, 0.2) is 4.79 Å². The third kappa shape index (κ3) is 3.83. The van der Waals surface area contributed by atoms with Gasteiger partial charge in [0.1, 0.15) is 11.1 Å². The van der Waals surface area contributed by atoms with E-state index < -0.39 is 5.60 Å². The normalized spacial score (nSPS) is 15.3. The molecule has 1 aliphatic heterocycles. The zero-order valence-corrected chi connectivity index (χ0v) is 16.7. The van der Waals surface area contributed by atoms with Gasteiger partial charge in [-0.2, -0.15) is 0 Å². The Bertz CT molecular complexity index is 902. The van der Waals surface area contributed by atoms with Crippen LogP contribution < -0.4 is 15.4 Å². The molecule has 10 nitrogen and oxygen atoms in total. The van der Waals surface area contributed by atoms with Crippen molar-refractivity contribution in [3.8, 4) is 0 Å². The molecule has 148 valence electrons. The molecule has 2 aromatic rings. The number of aromatic nitrogens is 4. The molecule has 27 heavy (non-hydrogen) atoms. The number of imidazole rings is 1. The number of piperazine rings is 1. The molecule has 0 radical (unpaired) electrons. The maximum atomic E-state index is 12.4. The second-order valence-corrected chi connectivity index (χ2v) is 7.89. The lowest BCUT2D eigenvalue weighted by Crippen LogP contribution is -2.50. The maximum Gasteiger partial charge on any atom is 0.410 e. The summed E-state index contributed by atoms with van der Waals surface area (Å²) in [5.41, 5.74) is 0.224. The number of hydrogen-bond acceptors (Lipinski definition) is 7. The lowest BCUT2D eigenvalue weighted by Gasteiger charge is -2.35. The van der Waals surface area contributed by atoms with Crippen molar-refractivity contribution >= 4 is 28.9 Å². The molecule has 3 heterocycles. The van der Waals surface area contributed by atoms with Gasteiger partial charge in [-0.05, 0) is 20.8 Å². The molecule has 1 N–H and O–H groups in total. The van der Waals surface area contributed by atoms with E-state index in [-0.39, 0.29) is 11.7 Å². The van der Waals surface area contributed by atoms with Gasteiger partial charge in [-0.3, -0.25) is 4.79 Å². The quantitative estimate of drug-likeness (QED) is 0.825. The Morgan fingerprint density at radius 2 is 1.81 bits per heavy atom. The van der Waals surface area contributed by atoms with Crippen LogP contribution >= 0.6 is 0 Å². The van der Waals surface area contributed by atoms with Crippen molar-refractivity contribution in [2.75, 3.05) is 50.1 Å². The van der Waals surface area contributed by atoms with Gasteiger partial charge < -0.3 is 24.4 Å². The molecule has 3 rings (SSSR count). The molecule has 0 atom stereocenters. The molecular weight excluding hydrogens is 350 g/mol. The molecule has 1 fully saturated rings. The number of nitrogens with zero attached hydrogens (tertiary/aromatic N) is 6. The number of ether oxygens (including phenoxy) is 1. The van der Waals surface area contributed by atoms with Crippen LogP contribution in [0.3, 0.4) is 0 Å². The number of aryl methyl sites for hydroxylation is 1. The Morgan fingerprint density at radius 3 is 2.37 bits per heavy atom. The molecule has 2 aromatic heterocycles. The number of amides is 1. The van der Waals surface area contributed by atoms with Crippen molar-refractivity contribution in [3.63, 3.8) is 0 Å². The summed E-state index contributed by atoms with van der Waals surface area (Å²) in [4.78, 5) is 37.9. The number of carbonyl (C=O) groups is 1. The summed E-state index contributed by atoms with van der Waals surface area (Å²) in [6.07, 6.45) is -0.306. The molecule has 0 bridgehead atoms. The number of aromatic amines is 1. The lowest BCUT2D eigenvalue weighted by atomic mass is 10.2. The fraction of sp³-hybridized carbons (Fsp3) is 0.647. The number of anilines is 2. The minimum atomic E-state index is -0.511. The Labute approximate surface area is 157 Å². The SMILES string of the molecule is CN(C)c1nn(C)c(=O)c2nc(N3CCN(C(=O)OC(C)(C)C)CC3)[nH]c12. The van der Waals surface area contributed by atoms with Crippen LogP contribution in [0.4, 0.5) is 16.6 Å². The Morgan fingerprint density at radius 1 is 1.19 bits per heavy atom. The highest BCUT2D eigenvalue weighted by molar-refractivity contribution is 5.87. The van der Waals surface area contributed by atoms with Crippen molar-refractivity contribution in [2.24, 2.45) is 7.05 Å². The number of fused-ring (bicyclic) bond motifs is 1. The first kappa shape index (κ1) is 19.0. The van der Waals surface area contributed by atoms with Crippen LogP contribution in [0.5, 0.6) is 0 Å². The molecular formula is C17H27N7O3. The third-order valence-corrected chi connectivity index (χ3v) is 4.31. The van der Waals surface area contributed by atoms with Gasteiger partial charge in [-0.1, -0.05) is 0 Å². The summed E-state index contributed by atoms with van der Waals surface area (Å²) >= 11 is 0. The van der Waals surface area contributed by atoms with E-state index in [1.807, 2.05) is 44.7 Å². The second-order valence-electron chi connectivity index (χ2n) is 7.89. The monoisotopic (exact) mass is 377 g/mol. The highest BCUT2D eigenvalue weighted by atomic mass is 16.6. The summed E-state index contributed by atoms with van der Waals surface area (Å²) in [6, 6.07) is 0. The van der Waals surface area contributed by atoms with E-state index in [0.717, 1.165) is 0 Å². The van der Waals surface area contributed by atoms with Crippen molar-refractivity contribution in [1.82, 2.24) is 24.6 Å². The van der Waals surface area contributed by atoms with E-state index >= 15 is 0 Å². The van der Waals surface area contributed by atoms with E-state index in [1.165, 1.54) is 4.68 Å². The maximum absolute atomic E-state index is 12.4. The zero-order valence-electron chi connectivity index (χ0n) is 16.7. The first-order valence-electron chi connectivity index (χ1n) is 8.94. The van der Waals surface area contributed by atoms with Crippen LogP contribution in [0.2, 0.25) is 0 Å². The van der Waals surface area contributed by atoms with Crippen LogP contribution in [0, 0.1) is 0 Å². The molecule has 0 spiro atoms. The topological polar surface area (TPSA) is 99.6 Å². The van der Waals surface area contributed by atoms with Crippen LogP contribution in [-0.2, 0) is 11.8 Å². The molecule has 0 saturated carbocycles. The number of nitrogens with one attached hydrogen (secondary N) is 1. The first-order valence-corrected chi connectivity index (χ1v) is 8.94. The van der Waals surface area contributed by atoms with Crippen LogP contribution in [-0.4, -0.2) is 76.6 Å². The fourth-order valence-corrected chi connectivity index (χ4v) is 2.96. The summed E-state index contributed by atoms with van der Waals surface area (Å²) in [7, 11) is 5.35. The molecule has 10 heteroatoms. The van der Waals surface area contributed by atoms with Gasteiger partial charge in [-0.25, -0.2) is 14.5 Å². The predicted octanol–water partition coefficient (Wildman–Crippen LogP) is 0.780. The highest BCUT2D eigenvalue weighted by Gasteiger charge is 2.27. The minimum Gasteiger partial charge on any atom is -0.444 e. The van der Waals surface area contributed by atoms with E-state index in [1.54, 1.807) is 11.9 Å². The third-order valence-electron chi connectivity index (χ3n) is 4.31. The van der Waals surface area contributed by atoms with Gasteiger partial charge in [0.05, 0.1) is 0 Å². The zero-order chi connectivity index (χ0) is 19.9. The first-order chi connectivity index (χ1) is 12.6. The number of rotatable bonds is 2. The van der Waals surface area contributed by atoms with E-state index in [0.29, 0.717) is 49.0 Å². The summed E-state index contributed by atoms with van der Waals surface area (Å²) in [5.74, 6) is 1.26. The lowest BCUT2D eigenvalue weighted by molar-refractivity contribution is 0.0240. The minimum absolute atomic E-state index is 0.245. The van der Waals surface area contributed by atoms with Crippen molar-refractivity contribution < 1.29 is 9.53 Å². The van der Waals surface area contributed by atoms with Gasteiger partial charge in [0.15, 0.2) is 11.3 Å². The van der Waals surface area contributed by atoms with Gasteiger partial charge >= 0.3 is 6.09 Å². The fourth-order valence-electron chi connectivity index (χ4n) is 2.96. The van der Waals surface area contributed by atoms with Crippen molar-refractivity contribution in [2.45, 2.75) is 26.4 Å². The number of carbonyl (C=O) groups excluding carboxylic acids is 1. The highest BCUT2D eigenvalue weighted by Crippen LogP contribution is 2.23. The smallest absolute Gasteiger partial charge is 0.410 e. The number of H-pyrrole nitrogens is 1. The van der Waals surface area contributed by atoms with E-state index in [2.05, 4.69) is 15.1 Å². The Balaban J connectivity index is 1.80. The standard InChI is InChI=1S/C17H27N7O3/c1-17(2,3)27-16(26)24-9-7-23(8-10-24)15-18-11-12(19-15)14(25)22(6)20-13(11)21(4)5/h7-10H2,1-6H3,(H,18,19). The molecule has 0 aromatic carbocycles. The van der Waals surface area contributed by atoms with Gasteiger partial charge in [0.2, 0.25) is 5.95 Å². The molecule has 1 saturated heterocycles. The molecule has 1 amide bonds. The van der Waals surface area contributed by atoms with Crippen molar-refractivity contribution in [1.29, 1.82) is 0 Å². The Hall–Kier alpha value is -2.78. The number of hydrogen-bond donors (Lipinski definition) is 1. The van der Waals surface area contributed by atoms with Crippen LogP contribution in [0.1, 0.15) is 20.8 Å².